The summed E-state index contributed by atoms with van der Waals surface area (Å²) in [5.74, 6) is 2.47. The van der Waals surface area contributed by atoms with E-state index in [9.17, 15) is 0 Å². The number of methoxy groups -OCH3 is 2. The van der Waals surface area contributed by atoms with Gasteiger partial charge in [0.05, 0.1) is 14.2 Å². The van der Waals surface area contributed by atoms with Crippen molar-refractivity contribution in [3.63, 3.8) is 0 Å². The molecular formula is C18H23NO2S. The molecule has 2 aromatic rings. The Hall–Kier alpha value is -1.52. The number of nitrogens with zero attached hydrogens (tertiary/aromatic N) is 1. The molecule has 118 valence electrons. The predicted molar refractivity (Wildman–Crippen MR) is 91.1 cm³/mol. The molecule has 1 aromatic carbocycles. The number of thiophene rings is 1. The Labute approximate surface area is 136 Å². The predicted octanol–water partition coefficient (Wildman–Crippen LogP) is 4.14. The second-order valence-corrected chi connectivity index (χ2v) is 6.77. The average Bonchev–Trinajstić information content (AvgIpc) is 3.09. The fraction of sp³-hybridized carbons (Fsp3) is 0.444. The quantitative estimate of drug-likeness (QED) is 0.827. The van der Waals surface area contributed by atoms with Gasteiger partial charge in [-0.1, -0.05) is 6.07 Å². The molecular weight excluding hydrogens is 294 g/mol. The Bertz CT molecular complexity index is 567. The van der Waals surface area contributed by atoms with Gasteiger partial charge in [-0.3, -0.25) is 4.90 Å². The maximum Gasteiger partial charge on any atom is 0.122 e. The Morgan fingerprint density at radius 1 is 1.09 bits per heavy atom. The summed E-state index contributed by atoms with van der Waals surface area (Å²) in [5.41, 5.74) is 1.26. The molecule has 3 rings (SSSR count). The lowest BCUT2D eigenvalue weighted by molar-refractivity contribution is 0.205. The van der Waals surface area contributed by atoms with E-state index in [1.54, 1.807) is 19.1 Å². The molecule has 0 aliphatic carbocycles. The van der Waals surface area contributed by atoms with Crippen LogP contribution in [-0.2, 0) is 6.54 Å². The summed E-state index contributed by atoms with van der Waals surface area (Å²) in [4.78, 5) is 4.07. The van der Waals surface area contributed by atoms with Crippen molar-refractivity contribution >= 4 is 11.3 Å². The number of ether oxygens (including phenoxy) is 2. The monoisotopic (exact) mass is 317 g/mol. The first-order valence-electron chi connectivity index (χ1n) is 7.76. The van der Waals surface area contributed by atoms with Gasteiger partial charge in [0.15, 0.2) is 0 Å². The van der Waals surface area contributed by atoms with Crippen LogP contribution in [0.2, 0.25) is 0 Å². The highest BCUT2D eigenvalue weighted by molar-refractivity contribution is 7.10. The normalized spacial score (nSPS) is 16.6. The van der Waals surface area contributed by atoms with Crippen molar-refractivity contribution in [2.75, 3.05) is 27.3 Å². The summed E-state index contributed by atoms with van der Waals surface area (Å²) >= 11 is 1.89. The second-order valence-electron chi connectivity index (χ2n) is 5.79. The van der Waals surface area contributed by atoms with Crippen molar-refractivity contribution in [2.24, 2.45) is 0 Å². The maximum absolute atomic E-state index is 5.36. The molecule has 0 atom stereocenters. The van der Waals surface area contributed by atoms with E-state index in [2.05, 4.69) is 34.5 Å². The van der Waals surface area contributed by atoms with Crippen LogP contribution < -0.4 is 9.47 Å². The summed E-state index contributed by atoms with van der Waals surface area (Å²) in [5, 5.41) is 2.18. The SMILES string of the molecule is COc1cc(CN2CCC(c3cccs3)CC2)cc(OC)c1. The molecule has 0 N–H and O–H groups in total. The molecule has 1 aromatic heterocycles. The molecule has 1 aliphatic heterocycles. The van der Waals surface area contributed by atoms with Crippen molar-refractivity contribution in [1.82, 2.24) is 4.90 Å². The van der Waals surface area contributed by atoms with Gasteiger partial charge in [0.25, 0.3) is 0 Å². The topological polar surface area (TPSA) is 21.7 Å². The van der Waals surface area contributed by atoms with Gasteiger partial charge in [0.1, 0.15) is 11.5 Å². The summed E-state index contributed by atoms with van der Waals surface area (Å²) in [6, 6.07) is 10.6. The first-order chi connectivity index (χ1) is 10.8. The van der Waals surface area contributed by atoms with E-state index in [1.807, 2.05) is 17.4 Å². The van der Waals surface area contributed by atoms with Crippen LogP contribution >= 0.6 is 11.3 Å². The second kappa shape index (κ2) is 7.16. The molecule has 2 heterocycles. The smallest absolute Gasteiger partial charge is 0.122 e. The standard InChI is InChI=1S/C18H23NO2S/c1-20-16-10-14(11-17(12-16)21-2)13-19-7-5-15(6-8-19)18-4-3-9-22-18/h3-4,9-12,15H,5-8,13H2,1-2H3. The number of likely N-dealkylation sites (tertiary alicyclic amines) is 1. The number of piperidine rings is 1. The third-order valence-corrected chi connectivity index (χ3v) is 5.39. The zero-order valence-corrected chi connectivity index (χ0v) is 14.1. The van der Waals surface area contributed by atoms with Gasteiger partial charge in [0, 0.05) is 17.5 Å². The van der Waals surface area contributed by atoms with E-state index in [-0.39, 0.29) is 0 Å². The van der Waals surface area contributed by atoms with Crippen molar-refractivity contribution < 1.29 is 9.47 Å². The number of benzene rings is 1. The lowest BCUT2D eigenvalue weighted by Gasteiger charge is -2.31. The average molecular weight is 317 g/mol. The van der Waals surface area contributed by atoms with Crippen LogP contribution in [0.5, 0.6) is 11.5 Å². The Kier molecular flexibility index (Phi) is 5.01. The summed E-state index contributed by atoms with van der Waals surface area (Å²) in [6.45, 7) is 3.27. The fourth-order valence-electron chi connectivity index (χ4n) is 3.12. The molecule has 1 saturated heterocycles. The highest BCUT2D eigenvalue weighted by Gasteiger charge is 2.21. The maximum atomic E-state index is 5.36. The molecule has 3 nitrogen and oxygen atoms in total. The van der Waals surface area contributed by atoms with Crippen LogP contribution in [0.3, 0.4) is 0 Å². The summed E-state index contributed by atoms with van der Waals surface area (Å²) in [6.07, 6.45) is 2.50. The molecule has 1 aliphatic rings. The Morgan fingerprint density at radius 3 is 2.32 bits per heavy atom. The largest absolute Gasteiger partial charge is 0.497 e. The molecule has 0 bridgehead atoms. The van der Waals surface area contributed by atoms with Crippen molar-refractivity contribution in [3.8, 4) is 11.5 Å². The molecule has 22 heavy (non-hydrogen) atoms. The van der Waals surface area contributed by atoms with Crippen LogP contribution in [0.25, 0.3) is 0 Å². The highest BCUT2D eigenvalue weighted by atomic mass is 32.1. The fourth-order valence-corrected chi connectivity index (χ4v) is 4.01. The summed E-state index contributed by atoms with van der Waals surface area (Å²) < 4.78 is 10.7. The first kappa shape index (κ1) is 15.4. The minimum Gasteiger partial charge on any atom is -0.497 e. The molecule has 1 fully saturated rings. The first-order valence-corrected chi connectivity index (χ1v) is 8.64. The third-order valence-electron chi connectivity index (χ3n) is 4.35. The van der Waals surface area contributed by atoms with Crippen LogP contribution in [-0.4, -0.2) is 32.2 Å². The molecule has 0 spiro atoms. The minimum absolute atomic E-state index is 0.746. The van der Waals surface area contributed by atoms with E-state index < -0.39 is 0 Å². The lowest BCUT2D eigenvalue weighted by atomic mass is 9.95. The molecule has 4 heteroatoms. The van der Waals surface area contributed by atoms with Crippen molar-refractivity contribution in [3.05, 3.63) is 46.2 Å². The zero-order valence-electron chi connectivity index (χ0n) is 13.2. The third kappa shape index (κ3) is 3.62. The van der Waals surface area contributed by atoms with Crippen LogP contribution in [0, 0.1) is 0 Å². The van der Waals surface area contributed by atoms with Gasteiger partial charge in [-0.05, 0) is 61.0 Å². The molecule has 0 amide bonds. The number of rotatable bonds is 5. The van der Waals surface area contributed by atoms with E-state index in [0.717, 1.165) is 37.1 Å². The van der Waals surface area contributed by atoms with E-state index in [0.29, 0.717) is 0 Å². The molecule has 0 unspecified atom stereocenters. The van der Waals surface area contributed by atoms with Gasteiger partial charge < -0.3 is 9.47 Å². The number of hydrogen-bond donors (Lipinski definition) is 0. The van der Waals surface area contributed by atoms with E-state index >= 15 is 0 Å². The van der Waals surface area contributed by atoms with Crippen LogP contribution in [0.15, 0.2) is 35.7 Å². The van der Waals surface area contributed by atoms with E-state index in [4.69, 9.17) is 9.47 Å². The summed E-state index contributed by atoms with van der Waals surface area (Å²) in [7, 11) is 3.40. The number of hydrogen-bond acceptors (Lipinski definition) is 4. The van der Waals surface area contributed by atoms with Gasteiger partial charge in [-0.15, -0.1) is 11.3 Å². The molecule has 0 radical (unpaired) electrons. The molecule has 0 saturated carbocycles. The van der Waals surface area contributed by atoms with Gasteiger partial charge in [-0.2, -0.15) is 0 Å². The van der Waals surface area contributed by atoms with Crippen LogP contribution in [0.4, 0.5) is 0 Å². The Balaban J connectivity index is 1.60. The van der Waals surface area contributed by atoms with Gasteiger partial charge in [0.2, 0.25) is 0 Å². The van der Waals surface area contributed by atoms with Crippen LogP contribution in [0.1, 0.15) is 29.2 Å². The van der Waals surface area contributed by atoms with Crippen molar-refractivity contribution in [1.29, 1.82) is 0 Å². The Morgan fingerprint density at radius 2 is 1.77 bits per heavy atom. The highest BCUT2D eigenvalue weighted by Crippen LogP contribution is 2.32. The zero-order chi connectivity index (χ0) is 15.4. The lowest BCUT2D eigenvalue weighted by Crippen LogP contribution is -2.32. The minimum atomic E-state index is 0.746. The van der Waals surface area contributed by atoms with E-state index in [1.165, 1.54) is 18.4 Å². The van der Waals surface area contributed by atoms with Crippen molar-refractivity contribution in [2.45, 2.75) is 25.3 Å². The van der Waals surface area contributed by atoms with Gasteiger partial charge >= 0.3 is 0 Å². The van der Waals surface area contributed by atoms with Gasteiger partial charge in [-0.25, -0.2) is 0 Å².